The zero-order chi connectivity index (χ0) is 20.7. The topological polar surface area (TPSA) is 53.5 Å². The van der Waals surface area contributed by atoms with E-state index in [4.69, 9.17) is 14.2 Å². The van der Waals surface area contributed by atoms with Crippen LogP contribution in [0.4, 0.5) is 13.2 Å². The highest BCUT2D eigenvalue weighted by Crippen LogP contribution is 2.33. The molecule has 29 heavy (non-hydrogen) atoms. The van der Waals surface area contributed by atoms with E-state index in [0.717, 1.165) is 17.7 Å². The Labute approximate surface area is 165 Å². The van der Waals surface area contributed by atoms with Crippen LogP contribution in [0.1, 0.15) is 11.1 Å². The summed E-state index contributed by atoms with van der Waals surface area (Å²) in [5.74, 6) is 0.105. The Morgan fingerprint density at radius 1 is 0.897 bits per heavy atom. The molecule has 0 saturated carbocycles. The van der Waals surface area contributed by atoms with Gasteiger partial charge in [-0.25, -0.2) is 0 Å². The summed E-state index contributed by atoms with van der Waals surface area (Å²) in [5, 5.41) is 0. The first-order valence-corrected chi connectivity index (χ1v) is 8.58. The maximum absolute atomic E-state index is 12.9. The van der Waals surface area contributed by atoms with E-state index in [-0.39, 0.29) is 36.7 Å². The van der Waals surface area contributed by atoms with Crippen LogP contribution in [0.5, 0.6) is 23.5 Å². The van der Waals surface area contributed by atoms with Crippen LogP contribution in [0.25, 0.3) is 0 Å². The van der Waals surface area contributed by atoms with Gasteiger partial charge in [-0.3, -0.25) is 0 Å². The number of benzene rings is 2. The maximum atomic E-state index is 12.9. The average molecular weight is 402 g/mol. The first kappa shape index (κ1) is 20.2. The molecule has 0 aliphatic rings. The van der Waals surface area contributed by atoms with Gasteiger partial charge < -0.3 is 14.2 Å². The van der Waals surface area contributed by atoms with Gasteiger partial charge in [-0.15, -0.1) is 0 Å². The largest absolute Gasteiger partial charge is 0.473 e. The van der Waals surface area contributed by atoms with Crippen molar-refractivity contribution >= 4 is 0 Å². The van der Waals surface area contributed by atoms with Crippen molar-refractivity contribution in [1.29, 1.82) is 0 Å². The number of alkyl halides is 3. The second-order valence-corrected chi connectivity index (χ2v) is 5.83. The van der Waals surface area contributed by atoms with Crippen molar-refractivity contribution < 1.29 is 27.4 Å². The van der Waals surface area contributed by atoms with E-state index in [2.05, 4.69) is 16.5 Å². The third-order valence-corrected chi connectivity index (χ3v) is 3.60. The molecule has 2 aromatic carbocycles. The lowest BCUT2D eigenvalue weighted by molar-refractivity contribution is -0.137. The molecule has 0 radical (unpaired) electrons. The normalized spacial score (nSPS) is 11.0. The summed E-state index contributed by atoms with van der Waals surface area (Å²) in [5.41, 5.74) is 0.0709. The molecule has 0 amide bonds. The molecule has 0 aliphatic carbocycles. The van der Waals surface area contributed by atoms with Gasteiger partial charge in [-0.05, 0) is 23.8 Å². The summed E-state index contributed by atoms with van der Waals surface area (Å²) in [7, 11) is 0. The summed E-state index contributed by atoms with van der Waals surface area (Å²) in [6.45, 7) is 3.94. The Kier molecular flexibility index (Phi) is 6.33. The van der Waals surface area contributed by atoms with E-state index in [0.29, 0.717) is 0 Å². The SMILES string of the molecule is C=CCOc1cc(Oc2cccc(C(F)(F)F)c2)nc(OCc2ccccc2)n1. The predicted octanol–water partition coefficient (Wildman–Crippen LogP) is 5.43. The Balaban J connectivity index is 1.82. The summed E-state index contributed by atoms with van der Waals surface area (Å²) in [4.78, 5) is 8.22. The molecule has 0 unspecified atom stereocenters. The molecule has 0 N–H and O–H groups in total. The molecular formula is C21H17F3N2O3. The minimum atomic E-state index is -4.48. The molecule has 0 atom stereocenters. The summed E-state index contributed by atoms with van der Waals surface area (Å²) >= 11 is 0. The summed E-state index contributed by atoms with van der Waals surface area (Å²) in [6, 6.07) is 15.2. The monoisotopic (exact) mass is 402 g/mol. The quantitative estimate of drug-likeness (QED) is 0.470. The second-order valence-electron chi connectivity index (χ2n) is 5.83. The van der Waals surface area contributed by atoms with Crippen molar-refractivity contribution in [2.24, 2.45) is 0 Å². The molecule has 150 valence electrons. The molecule has 3 aromatic rings. The molecule has 1 aromatic heterocycles. The molecule has 0 spiro atoms. The Morgan fingerprint density at radius 3 is 2.38 bits per heavy atom. The van der Waals surface area contributed by atoms with Crippen LogP contribution in [0, 0.1) is 0 Å². The van der Waals surface area contributed by atoms with Crippen LogP contribution in [0.3, 0.4) is 0 Å². The zero-order valence-corrected chi connectivity index (χ0v) is 15.2. The zero-order valence-electron chi connectivity index (χ0n) is 15.2. The lowest BCUT2D eigenvalue weighted by atomic mass is 10.2. The first-order valence-electron chi connectivity index (χ1n) is 8.58. The van der Waals surface area contributed by atoms with Gasteiger partial charge in [0.15, 0.2) is 0 Å². The average Bonchev–Trinajstić information content (AvgIpc) is 2.71. The highest BCUT2D eigenvalue weighted by atomic mass is 19.4. The van der Waals surface area contributed by atoms with E-state index in [1.807, 2.05) is 30.3 Å². The third kappa shape index (κ3) is 5.97. The van der Waals surface area contributed by atoms with Crippen molar-refractivity contribution in [3.63, 3.8) is 0 Å². The van der Waals surface area contributed by atoms with Crippen LogP contribution < -0.4 is 14.2 Å². The lowest BCUT2D eigenvalue weighted by Gasteiger charge is -2.12. The van der Waals surface area contributed by atoms with Crippen molar-refractivity contribution in [3.05, 3.63) is 84.4 Å². The van der Waals surface area contributed by atoms with Gasteiger partial charge in [0.05, 0.1) is 11.6 Å². The Hall–Kier alpha value is -3.55. The van der Waals surface area contributed by atoms with Gasteiger partial charge in [0.2, 0.25) is 11.8 Å². The van der Waals surface area contributed by atoms with Gasteiger partial charge in [0.25, 0.3) is 0 Å². The van der Waals surface area contributed by atoms with Crippen LogP contribution in [-0.2, 0) is 12.8 Å². The molecule has 5 nitrogen and oxygen atoms in total. The van der Waals surface area contributed by atoms with E-state index >= 15 is 0 Å². The van der Waals surface area contributed by atoms with Crippen LogP contribution in [-0.4, -0.2) is 16.6 Å². The highest BCUT2D eigenvalue weighted by molar-refractivity contribution is 5.34. The smallest absolute Gasteiger partial charge is 0.416 e. The molecule has 0 bridgehead atoms. The van der Waals surface area contributed by atoms with Crippen molar-refractivity contribution in [3.8, 4) is 23.5 Å². The molecule has 8 heteroatoms. The lowest BCUT2D eigenvalue weighted by Crippen LogP contribution is -2.05. The van der Waals surface area contributed by atoms with Gasteiger partial charge in [-0.2, -0.15) is 23.1 Å². The molecule has 3 rings (SSSR count). The number of hydrogen-bond acceptors (Lipinski definition) is 5. The number of aromatic nitrogens is 2. The standard InChI is InChI=1S/C21H17F3N2O3/c1-2-11-27-18-13-19(29-17-10-6-9-16(12-17)21(22,23)24)26-20(25-18)28-14-15-7-4-3-5-8-15/h2-10,12-13H,1,11,14H2. The second kappa shape index (κ2) is 9.09. The highest BCUT2D eigenvalue weighted by Gasteiger charge is 2.30. The summed E-state index contributed by atoms with van der Waals surface area (Å²) in [6.07, 6.45) is -2.95. The van der Waals surface area contributed by atoms with Gasteiger partial charge in [-0.1, -0.05) is 49.1 Å². The number of ether oxygens (including phenoxy) is 3. The number of rotatable bonds is 8. The Morgan fingerprint density at radius 2 is 1.66 bits per heavy atom. The summed E-state index contributed by atoms with van der Waals surface area (Å²) < 4.78 is 55.2. The van der Waals surface area contributed by atoms with Crippen LogP contribution in [0.2, 0.25) is 0 Å². The molecule has 1 heterocycles. The minimum absolute atomic E-state index is 0.0125. The first-order chi connectivity index (χ1) is 13.9. The van der Waals surface area contributed by atoms with Gasteiger partial charge in [0, 0.05) is 0 Å². The van der Waals surface area contributed by atoms with Crippen molar-refractivity contribution in [2.75, 3.05) is 6.61 Å². The number of nitrogens with zero attached hydrogens (tertiary/aromatic N) is 2. The molecular weight excluding hydrogens is 385 g/mol. The van der Waals surface area contributed by atoms with Crippen molar-refractivity contribution in [1.82, 2.24) is 9.97 Å². The fraction of sp³-hybridized carbons (Fsp3) is 0.143. The van der Waals surface area contributed by atoms with Crippen LogP contribution in [0.15, 0.2) is 73.3 Å². The fourth-order valence-corrected chi connectivity index (χ4v) is 2.30. The maximum Gasteiger partial charge on any atom is 0.416 e. The molecule has 0 saturated heterocycles. The molecule has 0 fully saturated rings. The Bertz CT molecular complexity index is 963. The predicted molar refractivity (Wildman–Crippen MR) is 100 cm³/mol. The molecule has 0 aliphatic heterocycles. The van der Waals surface area contributed by atoms with E-state index in [1.54, 1.807) is 0 Å². The van der Waals surface area contributed by atoms with Gasteiger partial charge in [0.1, 0.15) is 19.0 Å². The van der Waals surface area contributed by atoms with E-state index in [1.165, 1.54) is 24.3 Å². The van der Waals surface area contributed by atoms with Gasteiger partial charge >= 0.3 is 12.2 Å². The van der Waals surface area contributed by atoms with E-state index < -0.39 is 11.7 Å². The number of halogens is 3. The number of hydrogen-bond donors (Lipinski definition) is 0. The van der Waals surface area contributed by atoms with E-state index in [9.17, 15) is 13.2 Å². The van der Waals surface area contributed by atoms with Crippen molar-refractivity contribution in [2.45, 2.75) is 12.8 Å². The van der Waals surface area contributed by atoms with Crippen LogP contribution >= 0.6 is 0 Å². The third-order valence-electron chi connectivity index (χ3n) is 3.60. The minimum Gasteiger partial charge on any atom is -0.473 e. The fourth-order valence-electron chi connectivity index (χ4n) is 2.30.